The number of carbonyl (C=O) groups excluding carboxylic acids is 1. The van der Waals surface area contributed by atoms with E-state index in [0.29, 0.717) is 22.3 Å². The predicted octanol–water partition coefficient (Wildman–Crippen LogP) is 3.36. The van der Waals surface area contributed by atoms with Crippen molar-refractivity contribution < 1.29 is 17.6 Å². The summed E-state index contributed by atoms with van der Waals surface area (Å²) in [4.78, 5) is 29.0. The minimum Gasteiger partial charge on any atom is -0.322 e. The number of fused-ring (bicyclic) bond motifs is 1. The third-order valence-electron chi connectivity index (χ3n) is 4.60. The van der Waals surface area contributed by atoms with Crippen LogP contribution in [0.15, 0.2) is 70.4 Å². The maximum absolute atomic E-state index is 13.8. The van der Waals surface area contributed by atoms with Crippen molar-refractivity contribution >= 4 is 38.3 Å². The first-order valence-corrected chi connectivity index (χ1v) is 10.6. The van der Waals surface area contributed by atoms with Crippen LogP contribution in [0.4, 0.5) is 15.8 Å². The highest BCUT2D eigenvalue weighted by Crippen LogP contribution is 2.21. The fraction of sp³-hybridized carbons (Fsp3) is 0.0476. The number of halogens is 1. The molecule has 1 heterocycles. The second-order valence-corrected chi connectivity index (χ2v) is 8.57. The van der Waals surface area contributed by atoms with Crippen molar-refractivity contribution in [3.8, 4) is 0 Å². The van der Waals surface area contributed by atoms with Gasteiger partial charge in [0.25, 0.3) is 15.9 Å². The van der Waals surface area contributed by atoms with Crippen LogP contribution in [-0.4, -0.2) is 24.3 Å². The molecule has 0 aliphatic rings. The zero-order valence-electron chi connectivity index (χ0n) is 16.2. The number of hydrogen-bond donors (Lipinski definition) is 4. The number of sulfonamides is 1. The van der Waals surface area contributed by atoms with Gasteiger partial charge in [0.05, 0.1) is 15.9 Å². The minimum atomic E-state index is -4.03. The molecule has 0 spiro atoms. The highest BCUT2D eigenvalue weighted by atomic mass is 32.2. The number of rotatable bonds is 5. The summed E-state index contributed by atoms with van der Waals surface area (Å²) < 4.78 is 41.2. The molecular weight excluding hydrogens is 423 g/mol. The van der Waals surface area contributed by atoms with Crippen molar-refractivity contribution in [2.75, 3.05) is 10.0 Å². The van der Waals surface area contributed by atoms with Crippen LogP contribution in [0.25, 0.3) is 11.0 Å². The van der Waals surface area contributed by atoms with E-state index in [9.17, 15) is 22.4 Å². The molecule has 0 fully saturated rings. The smallest absolute Gasteiger partial charge is 0.322 e. The van der Waals surface area contributed by atoms with E-state index in [4.69, 9.17) is 0 Å². The van der Waals surface area contributed by atoms with Crippen LogP contribution in [0.5, 0.6) is 0 Å². The molecule has 0 atom stereocenters. The van der Waals surface area contributed by atoms with Gasteiger partial charge < -0.3 is 15.3 Å². The molecular formula is C21H17FN4O4S. The van der Waals surface area contributed by atoms with E-state index in [-0.39, 0.29) is 21.8 Å². The van der Waals surface area contributed by atoms with Gasteiger partial charge in [-0.3, -0.25) is 9.52 Å². The number of aromatic nitrogens is 2. The Balaban J connectivity index is 1.54. The summed E-state index contributed by atoms with van der Waals surface area (Å²) in [6, 6.07) is 14.4. The molecule has 0 saturated heterocycles. The van der Waals surface area contributed by atoms with Crippen molar-refractivity contribution in [2.24, 2.45) is 0 Å². The Kier molecular flexibility index (Phi) is 5.07. The zero-order chi connectivity index (χ0) is 22.2. The third kappa shape index (κ3) is 4.33. The number of H-pyrrole nitrogens is 2. The Bertz CT molecular complexity index is 1470. The summed E-state index contributed by atoms with van der Waals surface area (Å²) in [6.45, 7) is 1.53. The summed E-state index contributed by atoms with van der Waals surface area (Å²) in [5.74, 6) is -1.10. The normalized spacial score (nSPS) is 11.4. The van der Waals surface area contributed by atoms with Crippen molar-refractivity contribution in [1.29, 1.82) is 0 Å². The highest BCUT2D eigenvalue weighted by Gasteiger charge is 2.17. The topological polar surface area (TPSA) is 124 Å². The van der Waals surface area contributed by atoms with Crippen molar-refractivity contribution in [1.82, 2.24) is 9.97 Å². The Labute approximate surface area is 176 Å². The van der Waals surface area contributed by atoms with Gasteiger partial charge in [0.15, 0.2) is 0 Å². The summed E-state index contributed by atoms with van der Waals surface area (Å²) in [7, 11) is -4.03. The molecule has 4 rings (SSSR count). The summed E-state index contributed by atoms with van der Waals surface area (Å²) in [5, 5.41) is 2.69. The van der Waals surface area contributed by atoms with Crippen LogP contribution >= 0.6 is 0 Å². The Morgan fingerprint density at radius 3 is 2.48 bits per heavy atom. The monoisotopic (exact) mass is 440 g/mol. The number of carbonyl (C=O) groups is 1. The second-order valence-electron chi connectivity index (χ2n) is 6.89. The molecule has 0 aliphatic heterocycles. The van der Waals surface area contributed by atoms with E-state index in [2.05, 4.69) is 20.0 Å². The lowest BCUT2D eigenvalue weighted by Crippen LogP contribution is -2.15. The Morgan fingerprint density at radius 2 is 1.71 bits per heavy atom. The Morgan fingerprint density at radius 1 is 0.935 bits per heavy atom. The lowest BCUT2D eigenvalue weighted by atomic mass is 10.2. The molecule has 4 aromatic rings. The van der Waals surface area contributed by atoms with Gasteiger partial charge in [-0.1, -0.05) is 12.1 Å². The van der Waals surface area contributed by atoms with E-state index < -0.39 is 21.7 Å². The van der Waals surface area contributed by atoms with Crippen molar-refractivity contribution in [2.45, 2.75) is 11.8 Å². The summed E-state index contributed by atoms with van der Waals surface area (Å²) in [6.07, 6.45) is 0. The van der Waals surface area contributed by atoms with Crippen LogP contribution in [0.3, 0.4) is 0 Å². The maximum Gasteiger partial charge on any atom is 0.323 e. The average Bonchev–Trinajstić information content (AvgIpc) is 3.09. The molecule has 0 unspecified atom stereocenters. The van der Waals surface area contributed by atoms with Crippen LogP contribution in [-0.2, 0) is 10.0 Å². The van der Waals surface area contributed by atoms with E-state index in [1.165, 1.54) is 43.3 Å². The van der Waals surface area contributed by atoms with Crippen molar-refractivity contribution in [3.05, 3.63) is 88.1 Å². The lowest BCUT2D eigenvalue weighted by Gasteiger charge is -2.11. The maximum atomic E-state index is 13.8. The molecule has 0 bridgehead atoms. The number of anilines is 2. The molecule has 3 aromatic carbocycles. The molecule has 4 N–H and O–H groups in total. The first kappa shape index (κ1) is 20.4. The van der Waals surface area contributed by atoms with E-state index in [1.807, 2.05) is 0 Å². The van der Waals surface area contributed by atoms with Gasteiger partial charge in [-0.15, -0.1) is 0 Å². The van der Waals surface area contributed by atoms with Gasteiger partial charge in [-0.05, 0) is 61.0 Å². The van der Waals surface area contributed by atoms with Gasteiger partial charge in [-0.25, -0.2) is 17.6 Å². The van der Waals surface area contributed by atoms with Gasteiger partial charge in [0.2, 0.25) is 0 Å². The lowest BCUT2D eigenvalue weighted by molar-refractivity contribution is 0.102. The van der Waals surface area contributed by atoms with Crippen LogP contribution in [0.2, 0.25) is 0 Å². The average molecular weight is 440 g/mol. The second kappa shape index (κ2) is 7.73. The fourth-order valence-corrected chi connectivity index (χ4v) is 4.05. The van der Waals surface area contributed by atoms with E-state index >= 15 is 0 Å². The number of nitrogens with one attached hydrogen (secondary N) is 4. The fourth-order valence-electron chi connectivity index (χ4n) is 2.99. The van der Waals surface area contributed by atoms with Crippen LogP contribution in [0.1, 0.15) is 15.9 Å². The minimum absolute atomic E-state index is 0.152. The molecule has 8 nitrogen and oxygen atoms in total. The molecule has 10 heteroatoms. The zero-order valence-corrected chi connectivity index (χ0v) is 17.0. The number of aromatic amines is 2. The van der Waals surface area contributed by atoms with E-state index in [0.717, 1.165) is 6.07 Å². The van der Waals surface area contributed by atoms with E-state index in [1.54, 1.807) is 18.2 Å². The number of aryl methyl sites for hydroxylation is 1. The summed E-state index contributed by atoms with van der Waals surface area (Å²) in [5.41, 5.74) is 1.93. The molecule has 0 saturated carbocycles. The standard InChI is InChI=1S/C21H17FN4O4S/c1-12-5-7-16(11-17(12)22)31(29,30)26-15-4-2-3-13(9-15)20(27)23-14-6-8-18-19(10-14)25-21(28)24-18/h2-11,26H,1H3,(H,23,27)(H2,24,25,28). The molecule has 1 aromatic heterocycles. The van der Waals surface area contributed by atoms with Gasteiger partial charge >= 0.3 is 5.69 Å². The number of amides is 1. The highest BCUT2D eigenvalue weighted by molar-refractivity contribution is 7.92. The summed E-state index contributed by atoms with van der Waals surface area (Å²) >= 11 is 0. The van der Waals surface area contributed by atoms with Gasteiger partial charge in [0.1, 0.15) is 5.82 Å². The van der Waals surface area contributed by atoms with Crippen molar-refractivity contribution in [3.63, 3.8) is 0 Å². The molecule has 0 radical (unpaired) electrons. The first-order valence-electron chi connectivity index (χ1n) is 9.14. The van der Waals surface area contributed by atoms with Gasteiger partial charge in [0, 0.05) is 16.9 Å². The van der Waals surface area contributed by atoms with Gasteiger partial charge in [-0.2, -0.15) is 0 Å². The number of benzene rings is 3. The number of hydrogen-bond acceptors (Lipinski definition) is 4. The molecule has 1 amide bonds. The molecule has 158 valence electrons. The SMILES string of the molecule is Cc1ccc(S(=O)(=O)Nc2cccc(C(=O)Nc3ccc4[nH]c(=O)[nH]c4c3)c2)cc1F. The molecule has 31 heavy (non-hydrogen) atoms. The predicted molar refractivity (Wildman–Crippen MR) is 115 cm³/mol. The third-order valence-corrected chi connectivity index (χ3v) is 5.98. The first-order chi connectivity index (χ1) is 14.7. The largest absolute Gasteiger partial charge is 0.323 e. The Hall–Kier alpha value is -3.92. The van der Waals surface area contributed by atoms with Crippen LogP contribution in [0, 0.1) is 12.7 Å². The quantitative estimate of drug-likeness (QED) is 0.380. The molecule has 0 aliphatic carbocycles. The number of imidazole rings is 1. The van der Waals surface area contributed by atoms with Crippen LogP contribution < -0.4 is 15.7 Å².